The first-order valence-corrected chi connectivity index (χ1v) is 8.02. The van der Waals surface area contributed by atoms with Crippen molar-refractivity contribution in [1.82, 2.24) is 14.6 Å². The molecule has 19 heavy (non-hydrogen) atoms. The number of H-pyrrole nitrogens is 1. The number of rotatable bonds is 9. The van der Waals surface area contributed by atoms with Crippen LogP contribution in [0.2, 0.25) is 0 Å². The number of hydrogen-bond acceptors (Lipinski definition) is 4. The van der Waals surface area contributed by atoms with Gasteiger partial charge in [0.05, 0.1) is 11.5 Å². The monoisotopic (exact) mass is 289 g/mol. The second kappa shape index (κ2) is 7.64. The van der Waals surface area contributed by atoms with Crippen LogP contribution in [-0.2, 0) is 16.6 Å². The second-order valence-corrected chi connectivity index (χ2v) is 6.12. The summed E-state index contributed by atoms with van der Waals surface area (Å²) < 4.78 is 26.5. The minimum atomic E-state index is -3.49. The summed E-state index contributed by atoms with van der Waals surface area (Å²) in [4.78, 5) is 5.07. The zero-order valence-electron chi connectivity index (χ0n) is 11.5. The number of aromatic amines is 1. The molecule has 1 aromatic rings. The number of nitrogens with one attached hydrogen (secondary N) is 2. The van der Waals surface area contributed by atoms with Crippen molar-refractivity contribution in [3.8, 4) is 0 Å². The van der Waals surface area contributed by atoms with Crippen LogP contribution in [0.1, 0.15) is 26.0 Å². The van der Waals surface area contributed by atoms with E-state index in [0.29, 0.717) is 18.8 Å². The lowest BCUT2D eigenvalue weighted by atomic mass is 10.4. The second-order valence-electron chi connectivity index (χ2n) is 4.35. The Hall–Kier alpha value is -0.890. The molecule has 0 saturated heterocycles. The zero-order valence-corrected chi connectivity index (χ0v) is 12.3. The molecule has 0 fully saturated rings. The Labute approximate surface area is 114 Å². The molecule has 0 aliphatic carbocycles. The Balaban J connectivity index is 2.51. The van der Waals surface area contributed by atoms with Crippen molar-refractivity contribution in [1.29, 1.82) is 0 Å². The molecule has 0 unspecified atom stereocenters. The van der Waals surface area contributed by atoms with Crippen molar-refractivity contribution in [2.75, 3.05) is 26.2 Å². The molecule has 0 spiro atoms. The van der Waals surface area contributed by atoms with Crippen molar-refractivity contribution in [2.45, 2.75) is 31.8 Å². The van der Waals surface area contributed by atoms with Crippen molar-refractivity contribution >= 4 is 10.0 Å². The molecular weight excluding hydrogens is 266 g/mol. The third kappa shape index (κ3) is 4.94. The van der Waals surface area contributed by atoms with Crippen LogP contribution >= 0.6 is 0 Å². The molecule has 1 heterocycles. The molecule has 1 aromatic heterocycles. The molecule has 0 atom stereocenters. The van der Waals surface area contributed by atoms with Gasteiger partial charge in [0.2, 0.25) is 10.0 Å². The van der Waals surface area contributed by atoms with Crippen LogP contribution in [0.25, 0.3) is 0 Å². The van der Waals surface area contributed by atoms with Gasteiger partial charge in [-0.2, -0.15) is 0 Å². The summed E-state index contributed by atoms with van der Waals surface area (Å²) in [6, 6.07) is 1.44. The van der Waals surface area contributed by atoms with E-state index < -0.39 is 10.0 Å². The SMILES string of the molecule is CCCN(CC)CCNS(=O)(=O)c1c[nH]c(CO)c1. The number of sulfonamides is 1. The van der Waals surface area contributed by atoms with E-state index >= 15 is 0 Å². The topological polar surface area (TPSA) is 85.4 Å². The van der Waals surface area contributed by atoms with Gasteiger partial charge in [0.25, 0.3) is 0 Å². The summed E-state index contributed by atoms with van der Waals surface area (Å²) >= 11 is 0. The van der Waals surface area contributed by atoms with E-state index in [1.165, 1.54) is 12.3 Å². The number of nitrogens with zero attached hydrogens (tertiary/aromatic N) is 1. The van der Waals surface area contributed by atoms with Gasteiger partial charge in [-0.3, -0.25) is 0 Å². The average Bonchev–Trinajstić information content (AvgIpc) is 2.87. The van der Waals surface area contributed by atoms with Crippen molar-refractivity contribution in [3.63, 3.8) is 0 Å². The molecule has 0 radical (unpaired) electrons. The van der Waals surface area contributed by atoms with Crippen LogP contribution in [0.15, 0.2) is 17.2 Å². The Kier molecular flexibility index (Phi) is 6.50. The lowest BCUT2D eigenvalue weighted by Crippen LogP contribution is -2.35. The highest BCUT2D eigenvalue weighted by atomic mass is 32.2. The van der Waals surface area contributed by atoms with Gasteiger partial charge in [-0.1, -0.05) is 13.8 Å². The van der Waals surface area contributed by atoms with Crippen LogP contribution in [0.3, 0.4) is 0 Å². The quantitative estimate of drug-likeness (QED) is 0.618. The van der Waals surface area contributed by atoms with Gasteiger partial charge in [0.15, 0.2) is 0 Å². The fraction of sp³-hybridized carbons (Fsp3) is 0.667. The maximum atomic E-state index is 12.0. The Morgan fingerprint density at radius 3 is 2.63 bits per heavy atom. The van der Waals surface area contributed by atoms with E-state index in [0.717, 1.165) is 19.5 Å². The zero-order chi connectivity index (χ0) is 14.3. The van der Waals surface area contributed by atoms with Crippen LogP contribution in [0.5, 0.6) is 0 Å². The third-order valence-electron chi connectivity index (χ3n) is 2.90. The Morgan fingerprint density at radius 2 is 2.11 bits per heavy atom. The fourth-order valence-electron chi connectivity index (χ4n) is 1.83. The van der Waals surface area contributed by atoms with Crippen molar-refractivity contribution in [3.05, 3.63) is 18.0 Å². The normalized spacial score (nSPS) is 12.2. The summed E-state index contributed by atoms with van der Waals surface area (Å²) in [7, 11) is -3.49. The minimum absolute atomic E-state index is 0.162. The Morgan fingerprint density at radius 1 is 1.37 bits per heavy atom. The van der Waals surface area contributed by atoms with Crippen molar-refractivity contribution < 1.29 is 13.5 Å². The Bertz CT molecular complexity index is 470. The summed E-state index contributed by atoms with van der Waals surface area (Å²) in [5.74, 6) is 0. The largest absolute Gasteiger partial charge is 0.390 e. The van der Waals surface area contributed by atoms with Crippen LogP contribution < -0.4 is 4.72 Å². The molecule has 0 saturated carbocycles. The standard InChI is InChI=1S/C12H23N3O3S/c1-3-6-15(4-2)7-5-14-19(17,18)12-8-11(10-16)13-9-12/h8-9,13-14,16H,3-7,10H2,1-2H3. The smallest absolute Gasteiger partial charge is 0.242 e. The van der Waals surface area contributed by atoms with E-state index in [4.69, 9.17) is 5.11 Å². The summed E-state index contributed by atoms with van der Waals surface area (Å²) in [6.45, 7) is 6.92. The lowest BCUT2D eigenvalue weighted by molar-refractivity contribution is 0.277. The number of aromatic nitrogens is 1. The van der Waals surface area contributed by atoms with E-state index in [1.54, 1.807) is 0 Å². The van der Waals surface area contributed by atoms with Gasteiger partial charge in [0.1, 0.15) is 0 Å². The molecule has 110 valence electrons. The van der Waals surface area contributed by atoms with Gasteiger partial charge < -0.3 is 15.0 Å². The molecule has 1 rings (SSSR count). The van der Waals surface area contributed by atoms with Gasteiger partial charge >= 0.3 is 0 Å². The summed E-state index contributed by atoms with van der Waals surface area (Å²) in [5.41, 5.74) is 0.488. The number of likely N-dealkylation sites (N-methyl/N-ethyl adjacent to an activating group) is 1. The highest BCUT2D eigenvalue weighted by Gasteiger charge is 2.15. The minimum Gasteiger partial charge on any atom is -0.390 e. The summed E-state index contributed by atoms with van der Waals surface area (Å²) in [5, 5.41) is 8.90. The van der Waals surface area contributed by atoms with E-state index in [1.807, 2.05) is 0 Å². The predicted molar refractivity (Wildman–Crippen MR) is 74.3 cm³/mol. The first-order chi connectivity index (χ1) is 9.03. The van der Waals surface area contributed by atoms with Crippen LogP contribution in [-0.4, -0.2) is 49.6 Å². The molecular formula is C12H23N3O3S. The number of hydrogen-bond donors (Lipinski definition) is 3. The lowest BCUT2D eigenvalue weighted by Gasteiger charge is -2.19. The molecule has 7 heteroatoms. The highest BCUT2D eigenvalue weighted by Crippen LogP contribution is 2.10. The molecule has 0 aliphatic rings. The third-order valence-corrected chi connectivity index (χ3v) is 4.34. The fourth-order valence-corrected chi connectivity index (χ4v) is 2.87. The van der Waals surface area contributed by atoms with Gasteiger partial charge in [0, 0.05) is 25.0 Å². The summed E-state index contributed by atoms with van der Waals surface area (Å²) in [6.07, 6.45) is 2.44. The molecule has 6 nitrogen and oxygen atoms in total. The van der Waals surface area contributed by atoms with Crippen LogP contribution in [0.4, 0.5) is 0 Å². The van der Waals surface area contributed by atoms with Crippen molar-refractivity contribution in [2.24, 2.45) is 0 Å². The van der Waals surface area contributed by atoms with E-state index in [2.05, 4.69) is 28.5 Å². The molecule has 0 aliphatic heterocycles. The number of aliphatic hydroxyl groups is 1. The first-order valence-electron chi connectivity index (χ1n) is 6.53. The molecule has 0 aromatic carbocycles. The molecule has 3 N–H and O–H groups in total. The maximum Gasteiger partial charge on any atom is 0.242 e. The van der Waals surface area contributed by atoms with E-state index in [9.17, 15) is 8.42 Å². The highest BCUT2D eigenvalue weighted by molar-refractivity contribution is 7.89. The predicted octanol–water partition coefficient (Wildman–Crippen LogP) is 0.517. The number of aliphatic hydroxyl groups excluding tert-OH is 1. The maximum absolute atomic E-state index is 12.0. The van der Waals surface area contributed by atoms with Gasteiger partial charge in [-0.05, 0) is 25.6 Å². The van der Waals surface area contributed by atoms with Gasteiger partial charge in [-0.25, -0.2) is 13.1 Å². The molecule has 0 bridgehead atoms. The molecule has 0 amide bonds. The van der Waals surface area contributed by atoms with E-state index in [-0.39, 0.29) is 11.5 Å². The first kappa shape index (κ1) is 16.2. The van der Waals surface area contributed by atoms with Crippen LogP contribution in [0, 0.1) is 0 Å². The average molecular weight is 289 g/mol. The van der Waals surface area contributed by atoms with Gasteiger partial charge in [-0.15, -0.1) is 0 Å².